The van der Waals surface area contributed by atoms with Gasteiger partial charge in [-0.2, -0.15) is 0 Å². The van der Waals surface area contributed by atoms with E-state index in [0.717, 1.165) is 16.9 Å². The summed E-state index contributed by atoms with van der Waals surface area (Å²) in [5.41, 5.74) is 0.861. The van der Waals surface area contributed by atoms with Crippen molar-refractivity contribution in [3.8, 4) is 5.75 Å². The first kappa shape index (κ1) is 15.0. The van der Waals surface area contributed by atoms with Crippen LogP contribution in [-0.4, -0.2) is 15.5 Å². The van der Waals surface area contributed by atoms with Crippen molar-refractivity contribution >= 4 is 21.4 Å². The molecule has 2 aromatic rings. The topological polar surface area (TPSA) is 55.4 Å². The van der Waals surface area contributed by atoms with Crippen molar-refractivity contribution in [2.75, 3.05) is 7.11 Å². The first-order chi connectivity index (χ1) is 9.55. The molecular formula is C14H17NO3S2. The molecule has 1 aromatic carbocycles. The quantitative estimate of drug-likeness (QED) is 0.892. The van der Waals surface area contributed by atoms with Crippen molar-refractivity contribution < 1.29 is 13.2 Å². The number of nitrogens with one attached hydrogen (secondary N) is 1. The summed E-state index contributed by atoms with van der Waals surface area (Å²) in [6, 6.07) is 10.8. The van der Waals surface area contributed by atoms with Crippen LogP contribution in [0.5, 0.6) is 5.75 Å². The second-order valence-electron chi connectivity index (χ2n) is 4.25. The number of benzene rings is 1. The second-order valence-corrected chi connectivity index (χ2v) is 7.41. The molecule has 0 aliphatic carbocycles. The molecule has 0 fully saturated rings. The standard InChI is InChI=1S/C14H17NO3S2/c1-3-13-7-8-14(19-13)20(16,17)15-10-11-5-4-6-12(9-11)18-2/h4-9,15H,3,10H2,1-2H3. The summed E-state index contributed by atoms with van der Waals surface area (Å²) in [6.07, 6.45) is 0.843. The van der Waals surface area contributed by atoms with Crippen molar-refractivity contribution in [2.45, 2.75) is 24.1 Å². The van der Waals surface area contributed by atoms with Gasteiger partial charge in [0.15, 0.2) is 0 Å². The van der Waals surface area contributed by atoms with E-state index in [-0.39, 0.29) is 6.54 Å². The van der Waals surface area contributed by atoms with Crippen LogP contribution in [0.25, 0.3) is 0 Å². The lowest BCUT2D eigenvalue weighted by Gasteiger charge is -2.06. The van der Waals surface area contributed by atoms with E-state index in [2.05, 4.69) is 4.72 Å². The van der Waals surface area contributed by atoms with E-state index >= 15 is 0 Å². The summed E-state index contributed by atoms with van der Waals surface area (Å²) in [5.74, 6) is 0.714. The van der Waals surface area contributed by atoms with E-state index in [4.69, 9.17) is 4.74 Å². The van der Waals surface area contributed by atoms with Crippen molar-refractivity contribution in [3.63, 3.8) is 0 Å². The van der Waals surface area contributed by atoms with Crippen LogP contribution in [0.15, 0.2) is 40.6 Å². The third-order valence-corrected chi connectivity index (χ3v) is 5.97. The lowest BCUT2D eigenvalue weighted by Crippen LogP contribution is -2.22. The van der Waals surface area contributed by atoms with Crippen LogP contribution < -0.4 is 9.46 Å². The number of thiophene rings is 1. The minimum absolute atomic E-state index is 0.249. The molecule has 2 rings (SSSR count). The third kappa shape index (κ3) is 3.59. The minimum Gasteiger partial charge on any atom is -0.497 e. The van der Waals surface area contributed by atoms with Gasteiger partial charge in [0.25, 0.3) is 0 Å². The van der Waals surface area contributed by atoms with Crippen LogP contribution >= 0.6 is 11.3 Å². The van der Waals surface area contributed by atoms with Crippen molar-refractivity contribution in [3.05, 3.63) is 46.8 Å². The normalized spacial score (nSPS) is 11.5. The number of hydrogen-bond acceptors (Lipinski definition) is 4. The largest absolute Gasteiger partial charge is 0.497 e. The summed E-state index contributed by atoms with van der Waals surface area (Å²) in [7, 11) is -1.86. The molecule has 0 aliphatic rings. The maximum absolute atomic E-state index is 12.2. The van der Waals surface area contributed by atoms with Crippen LogP contribution in [-0.2, 0) is 23.0 Å². The Balaban J connectivity index is 2.08. The highest BCUT2D eigenvalue weighted by molar-refractivity contribution is 7.91. The van der Waals surface area contributed by atoms with E-state index < -0.39 is 10.0 Å². The summed E-state index contributed by atoms with van der Waals surface area (Å²) >= 11 is 1.31. The van der Waals surface area contributed by atoms with E-state index in [1.165, 1.54) is 11.3 Å². The fraction of sp³-hybridized carbons (Fsp3) is 0.286. The molecule has 0 amide bonds. The highest BCUT2D eigenvalue weighted by Crippen LogP contribution is 2.22. The fourth-order valence-electron chi connectivity index (χ4n) is 1.72. The van der Waals surface area contributed by atoms with Gasteiger partial charge in [0.2, 0.25) is 10.0 Å². The van der Waals surface area contributed by atoms with Gasteiger partial charge >= 0.3 is 0 Å². The number of hydrogen-bond donors (Lipinski definition) is 1. The van der Waals surface area contributed by atoms with Crippen LogP contribution in [0.3, 0.4) is 0 Å². The predicted octanol–water partition coefficient (Wildman–Crippen LogP) is 2.80. The van der Waals surface area contributed by atoms with Gasteiger partial charge in [-0.25, -0.2) is 13.1 Å². The SMILES string of the molecule is CCc1ccc(S(=O)(=O)NCc2cccc(OC)c2)s1. The fourth-order valence-corrected chi connectivity index (χ4v) is 4.08. The number of sulfonamides is 1. The van der Waals surface area contributed by atoms with Gasteiger partial charge in [-0.15, -0.1) is 11.3 Å². The summed E-state index contributed by atoms with van der Waals surface area (Å²) < 4.78 is 32.4. The van der Waals surface area contributed by atoms with Gasteiger partial charge in [-0.1, -0.05) is 19.1 Å². The molecule has 4 nitrogen and oxygen atoms in total. The van der Waals surface area contributed by atoms with Crippen LogP contribution in [0, 0.1) is 0 Å². The Morgan fingerprint density at radius 3 is 2.70 bits per heavy atom. The summed E-state index contributed by atoms with van der Waals surface area (Å²) in [6.45, 7) is 2.25. The molecule has 0 bridgehead atoms. The van der Waals surface area contributed by atoms with Crippen molar-refractivity contribution in [2.24, 2.45) is 0 Å². The predicted molar refractivity (Wildman–Crippen MR) is 80.7 cm³/mol. The number of aryl methyl sites for hydroxylation is 1. The highest BCUT2D eigenvalue weighted by Gasteiger charge is 2.16. The number of ether oxygens (including phenoxy) is 1. The Morgan fingerprint density at radius 1 is 1.25 bits per heavy atom. The number of methoxy groups -OCH3 is 1. The Bertz CT molecular complexity index is 677. The molecular weight excluding hydrogens is 294 g/mol. The first-order valence-electron chi connectivity index (χ1n) is 6.26. The molecule has 1 N–H and O–H groups in total. The van der Waals surface area contributed by atoms with Gasteiger partial charge in [-0.3, -0.25) is 0 Å². The second kappa shape index (κ2) is 6.39. The smallest absolute Gasteiger partial charge is 0.250 e. The van der Waals surface area contributed by atoms with Gasteiger partial charge < -0.3 is 4.74 Å². The van der Waals surface area contributed by atoms with Crippen LogP contribution in [0.2, 0.25) is 0 Å². The Hall–Kier alpha value is -1.37. The van der Waals surface area contributed by atoms with Crippen LogP contribution in [0.4, 0.5) is 0 Å². The molecule has 1 heterocycles. The molecule has 0 saturated heterocycles. The molecule has 0 aliphatic heterocycles. The lowest BCUT2D eigenvalue weighted by molar-refractivity contribution is 0.414. The maximum Gasteiger partial charge on any atom is 0.250 e. The zero-order valence-electron chi connectivity index (χ0n) is 11.4. The molecule has 0 spiro atoms. The van der Waals surface area contributed by atoms with E-state index in [1.54, 1.807) is 13.2 Å². The summed E-state index contributed by atoms with van der Waals surface area (Å²) in [4.78, 5) is 1.06. The summed E-state index contributed by atoms with van der Waals surface area (Å²) in [5, 5.41) is 0. The van der Waals surface area contributed by atoms with Gasteiger partial charge in [0.05, 0.1) is 7.11 Å². The van der Waals surface area contributed by atoms with Crippen molar-refractivity contribution in [1.82, 2.24) is 4.72 Å². The van der Waals surface area contributed by atoms with Gasteiger partial charge in [0, 0.05) is 11.4 Å². The molecule has 20 heavy (non-hydrogen) atoms. The molecule has 0 unspecified atom stereocenters. The first-order valence-corrected chi connectivity index (χ1v) is 8.56. The molecule has 1 aromatic heterocycles. The van der Waals surface area contributed by atoms with Gasteiger partial charge in [0.1, 0.15) is 9.96 Å². The van der Waals surface area contributed by atoms with Crippen molar-refractivity contribution in [1.29, 1.82) is 0 Å². The molecule has 0 saturated carbocycles. The molecule has 0 atom stereocenters. The maximum atomic E-state index is 12.2. The highest BCUT2D eigenvalue weighted by atomic mass is 32.2. The molecule has 108 valence electrons. The average molecular weight is 311 g/mol. The van der Waals surface area contributed by atoms with E-state index in [9.17, 15) is 8.42 Å². The lowest BCUT2D eigenvalue weighted by atomic mass is 10.2. The zero-order valence-corrected chi connectivity index (χ0v) is 13.1. The third-order valence-electron chi connectivity index (χ3n) is 2.85. The average Bonchev–Trinajstić information content (AvgIpc) is 2.95. The van der Waals surface area contributed by atoms with E-state index in [1.807, 2.05) is 37.3 Å². The Kier molecular flexibility index (Phi) is 4.80. The van der Waals surface area contributed by atoms with E-state index in [0.29, 0.717) is 9.96 Å². The molecule has 0 radical (unpaired) electrons. The van der Waals surface area contributed by atoms with Gasteiger partial charge in [-0.05, 0) is 36.2 Å². The van der Waals surface area contributed by atoms with Crippen LogP contribution in [0.1, 0.15) is 17.4 Å². The number of rotatable bonds is 6. The monoisotopic (exact) mass is 311 g/mol. The Morgan fingerprint density at radius 2 is 2.05 bits per heavy atom. The molecule has 6 heteroatoms. The minimum atomic E-state index is -3.44. The Labute approximate surface area is 123 Å². The zero-order chi connectivity index (χ0) is 14.6.